The topological polar surface area (TPSA) is 91.2 Å². The van der Waals surface area contributed by atoms with Gasteiger partial charge in [0.15, 0.2) is 0 Å². The van der Waals surface area contributed by atoms with Crippen molar-refractivity contribution in [3.8, 4) is 0 Å². The van der Waals surface area contributed by atoms with Crippen LogP contribution in [0.1, 0.15) is 39.0 Å². The maximum absolute atomic E-state index is 12.0. The van der Waals surface area contributed by atoms with Gasteiger partial charge in [0.2, 0.25) is 0 Å². The number of aliphatic hydroxyl groups is 1. The van der Waals surface area contributed by atoms with Crippen molar-refractivity contribution in [3.05, 3.63) is 12.8 Å². The lowest BCUT2D eigenvalue weighted by molar-refractivity contribution is -0.141. The van der Waals surface area contributed by atoms with Gasteiger partial charge in [0, 0.05) is 37.8 Å². The molecule has 2 N–H and O–H groups in total. The summed E-state index contributed by atoms with van der Waals surface area (Å²) in [5, 5.41) is 13.7. The summed E-state index contributed by atoms with van der Waals surface area (Å²) in [4.78, 5) is 29.9. The Balaban J connectivity index is 1.40. The average molecular weight is 377 g/mol. The molecule has 1 aliphatic carbocycles. The number of ether oxygens (including phenoxy) is 1. The molecule has 0 aromatic carbocycles. The number of nitrogens with zero attached hydrogens (tertiary/aromatic N) is 2. The monoisotopic (exact) mass is 377 g/mol. The molecule has 0 radical (unpaired) electrons. The zero-order chi connectivity index (χ0) is 19.4. The number of aliphatic hydroxyl groups excluding tert-OH is 1. The summed E-state index contributed by atoms with van der Waals surface area (Å²) in [6.45, 7) is 8.09. The van der Waals surface area contributed by atoms with Crippen LogP contribution in [0.2, 0.25) is 0 Å². The van der Waals surface area contributed by atoms with Gasteiger partial charge in [-0.3, -0.25) is 14.6 Å². The fourth-order valence-corrected chi connectivity index (χ4v) is 4.60. The number of likely N-dealkylation sites (tertiary alicyclic amines) is 1. The normalized spacial score (nSPS) is 31.1. The fourth-order valence-electron chi connectivity index (χ4n) is 4.60. The molecular weight excluding hydrogens is 346 g/mol. The lowest BCUT2D eigenvalue weighted by Gasteiger charge is -2.37. The third kappa shape index (κ3) is 4.96. The first-order valence-corrected chi connectivity index (χ1v) is 10.0. The highest BCUT2D eigenvalue weighted by Crippen LogP contribution is 2.40. The number of nitrogens with one attached hydrogen (secondary N) is 1. The van der Waals surface area contributed by atoms with Crippen LogP contribution in [0, 0.1) is 17.8 Å². The van der Waals surface area contributed by atoms with Crippen LogP contribution in [0.3, 0.4) is 0 Å². The molecule has 7 nitrogen and oxygen atoms in total. The third-order valence-electron chi connectivity index (χ3n) is 6.29. The zero-order valence-electron chi connectivity index (χ0n) is 16.1. The Morgan fingerprint density at radius 1 is 1.41 bits per heavy atom. The van der Waals surface area contributed by atoms with Crippen LogP contribution < -0.4 is 5.32 Å². The number of β-amino-alcohol motifs (C(OH)–C–C–N with tert-alkyl or cyclic N) is 1. The molecular formula is C20H31N3O4. The molecule has 2 heterocycles. The number of aliphatic imine (C=N–C) groups is 1. The van der Waals surface area contributed by atoms with Crippen LogP contribution >= 0.6 is 0 Å². The van der Waals surface area contributed by atoms with Crippen LogP contribution in [0.25, 0.3) is 0 Å². The number of hydrogen-bond donors (Lipinski definition) is 2. The largest absolute Gasteiger partial charge is 0.465 e. The number of esters is 1. The fraction of sp³-hybridized carbons (Fsp3) is 0.750. The first kappa shape index (κ1) is 20.0. The Morgan fingerprint density at radius 2 is 2.15 bits per heavy atom. The molecule has 0 aromatic heterocycles. The highest BCUT2D eigenvalue weighted by atomic mass is 16.5. The Labute approximate surface area is 160 Å². The summed E-state index contributed by atoms with van der Waals surface area (Å²) in [6.07, 6.45) is 5.37. The van der Waals surface area contributed by atoms with Crippen LogP contribution in [-0.2, 0) is 14.3 Å². The van der Waals surface area contributed by atoms with Crippen LogP contribution in [0.5, 0.6) is 0 Å². The molecule has 3 unspecified atom stereocenters. The predicted molar refractivity (Wildman–Crippen MR) is 102 cm³/mol. The molecule has 3 rings (SSSR count). The lowest BCUT2D eigenvalue weighted by atomic mass is 9.73. The van der Waals surface area contributed by atoms with E-state index in [1.165, 1.54) is 6.20 Å². The quantitative estimate of drug-likeness (QED) is 0.535. The van der Waals surface area contributed by atoms with E-state index in [4.69, 9.17) is 4.74 Å². The van der Waals surface area contributed by atoms with E-state index in [2.05, 4.69) is 21.8 Å². The van der Waals surface area contributed by atoms with Crippen molar-refractivity contribution >= 4 is 17.6 Å². The summed E-state index contributed by atoms with van der Waals surface area (Å²) >= 11 is 0. The third-order valence-corrected chi connectivity index (χ3v) is 6.29. The summed E-state index contributed by atoms with van der Waals surface area (Å²) in [7, 11) is 0. The molecule has 4 atom stereocenters. The van der Waals surface area contributed by atoms with Crippen LogP contribution in [0.4, 0.5) is 0 Å². The van der Waals surface area contributed by atoms with Crippen LogP contribution in [0.15, 0.2) is 17.8 Å². The van der Waals surface area contributed by atoms with Gasteiger partial charge in [0.25, 0.3) is 5.91 Å². The average Bonchev–Trinajstić information content (AvgIpc) is 3.04. The van der Waals surface area contributed by atoms with Crippen molar-refractivity contribution < 1.29 is 19.4 Å². The standard InChI is InChI=1S/C20H31N3O4/c1-3-21-13(2)19(25)22-16-6-8-23(9-7-16)11-18(24)14-4-5-17-15(10-14)12-27-20(17)26/h3,14-18,24H,1,4-12H2,2H3,(H,22,25)/t14?,15?,17?,18-/m0/s1. The second-order valence-corrected chi connectivity index (χ2v) is 8.08. The highest BCUT2D eigenvalue weighted by molar-refractivity contribution is 6.38. The van der Waals surface area contributed by atoms with Gasteiger partial charge in [0.05, 0.1) is 18.6 Å². The smallest absolute Gasteiger partial charge is 0.309 e. The zero-order valence-corrected chi connectivity index (χ0v) is 16.1. The molecule has 3 fully saturated rings. The van der Waals surface area contributed by atoms with Crippen molar-refractivity contribution in [2.24, 2.45) is 22.7 Å². The number of rotatable bonds is 6. The molecule has 3 aliphatic rings. The van der Waals surface area contributed by atoms with Crippen molar-refractivity contribution in [1.82, 2.24) is 10.2 Å². The number of piperidine rings is 1. The van der Waals surface area contributed by atoms with Gasteiger partial charge in [-0.25, -0.2) is 0 Å². The Morgan fingerprint density at radius 3 is 2.85 bits per heavy atom. The minimum absolute atomic E-state index is 0.0505. The number of carbonyl (C=O) groups excluding carboxylic acids is 2. The van der Waals surface area contributed by atoms with Gasteiger partial charge in [-0.1, -0.05) is 6.58 Å². The SMILES string of the molecule is C=CN=C(C)C(=O)NC1CCN(C[C@H](O)C2CCC3C(=O)OCC3C2)CC1. The van der Waals surface area contributed by atoms with E-state index in [1.54, 1.807) is 6.92 Å². The summed E-state index contributed by atoms with van der Waals surface area (Å²) in [5.41, 5.74) is 0.424. The van der Waals surface area contributed by atoms with Crippen molar-refractivity contribution in [3.63, 3.8) is 0 Å². The van der Waals surface area contributed by atoms with Crippen molar-refractivity contribution in [1.29, 1.82) is 0 Å². The van der Waals surface area contributed by atoms with E-state index >= 15 is 0 Å². The number of hydrogen-bond acceptors (Lipinski definition) is 6. The molecule has 1 saturated carbocycles. The van der Waals surface area contributed by atoms with E-state index in [0.717, 1.165) is 45.2 Å². The maximum atomic E-state index is 12.0. The van der Waals surface area contributed by atoms with E-state index in [0.29, 0.717) is 18.9 Å². The maximum Gasteiger partial charge on any atom is 0.309 e. The second kappa shape index (κ2) is 8.97. The number of cyclic esters (lactones) is 1. The molecule has 27 heavy (non-hydrogen) atoms. The Hall–Kier alpha value is -1.73. The van der Waals surface area contributed by atoms with Gasteiger partial charge in [-0.15, -0.1) is 0 Å². The molecule has 2 saturated heterocycles. The summed E-state index contributed by atoms with van der Waals surface area (Å²) in [5.74, 6) is 0.396. The molecule has 1 amide bonds. The Kier molecular flexibility index (Phi) is 6.65. The second-order valence-electron chi connectivity index (χ2n) is 8.08. The minimum atomic E-state index is -0.366. The first-order chi connectivity index (χ1) is 13.0. The molecule has 0 bridgehead atoms. The minimum Gasteiger partial charge on any atom is -0.465 e. The van der Waals surface area contributed by atoms with E-state index < -0.39 is 0 Å². The molecule has 2 aliphatic heterocycles. The first-order valence-electron chi connectivity index (χ1n) is 10.0. The van der Waals surface area contributed by atoms with Crippen molar-refractivity contribution in [2.45, 2.75) is 51.2 Å². The van der Waals surface area contributed by atoms with E-state index in [9.17, 15) is 14.7 Å². The predicted octanol–water partition coefficient (Wildman–Crippen LogP) is 1.12. The van der Waals surface area contributed by atoms with Crippen LogP contribution in [-0.4, -0.2) is 66.0 Å². The summed E-state index contributed by atoms with van der Waals surface area (Å²) < 4.78 is 5.17. The molecule has 0 spiro atoms. The van der Waals surface area contributed by atoms with Gasteiger partial charge in [0.1, 0.15) is 5.71 Å². The van der Waals surface area contributed by atoms with E-state index in [1.807, 2.05) is 0 Å². The van der Waals surface area contributed by atoms with Gasteiger partial charge < -0.3 is 20.1 Å². The molecule has 150 valence electrons. The van der Waals surface area contributed by atoms with Gasteiger partial charge in [-0.2, -0.15) is 0 Å². The lowest BCUT2D eigenvalue weighted by Crippen LogP contribution is -2.48. The number of amides is 1. The highest BCUT2D eigenvalue weighted by Gasteiger charge is 2.43. The van der Waals surface area contributed by atoms with E-state index in [-0.39, 0.29) is 41.8 Å². The summed E-state index contributed by atoms with van der Waals surface area (Å²) in [6, 6.07) is 0.151. The number of fused-ring (bicyclic) bond motifs is 1. The molecule has 0 aromatic rings. The van der Waals surface area contributed by atoms with Crippen molar-refractivity contribution in [2.75, 3.05) is 26.2 Å². The molecule has 7 heteroatoms. The Bertz CT molecular complexity index is 598. The van der Waals surface area contributed by atoms with Gasteiger partial charge >= 0.3 is 5.97 Å². The number of carbonyl (C=O) groups is 2. The van der Waals surface area contributed by atoms with Gasteiger partial charge in [-0.05, 0) is 44.9 Å².